The maximum absolute atomic E-state index is 14.0. The van der Waals surface area contributed by atoms with E-state index in [0.29, 0.717) is 17.4 Å². The molecule has 178 valence electrons. The minimum absolute atomic E-state index is 0.276. The summed E-state index contributed by atoms with van der Waals surface area (Å²) < 4.78 is 21.9. The molecule has 0 spiro atoms. The van der Waals surface area contributed by atoms with Gasteiger partial charge in [-0.05, 0) is 56.0 Å². The number of hydrogen-bond donors (Lipinski definition) is 0. The number of nitrogens with zero attached hydrogens (tertiary/aromatic N) is 6. The zero-order chi connectivity index (χ0) is 23.2. The molecule has 0 bridgehead atoms. The van der Waals surface area contributed by atoms with E-state index in [-0.39, 0.29) is 5.92 Å². The third-order valence-electron chi connectivity index (χ3n) is 7.38. The molecular formula is C25H28ClFN6O. The highest BCUT2D eigenvalue weighted by Crippen LogP contribution is 2.35. The Bertz CT molecular complexity index is 1200. The first-order valence-electron chi connectivity index (χ1n) is 12.0. The molecule has 3 aliphatic heterocycles. The summed E-state index contributed by atoms with van der Waals surface area (Å²) in [4.78, 5) is 8.75. The molecule has 0 unspecified atom stereocenters. The first-order chi connectivity index (χ1) is 16.6. The standard InChI is InChI=1S/C25H28ClFN6O/c1-16-2-5-22(28-24(16)27)31-9-6-17(7-10-31)25-30-29-23-14-32(20-8-11-34-15-20)13-18-12-19(26)3-4-21(18)33(23)25/h2-5,12,17,20H,6-11,13-15H2,1H3/t20-/m1/s1. The Morgan fingerprint density at radius 2 is 1.91 bits per heavy atom. The van der Waals surface area contributed by atoms with Crippen LogP contribution in [0.2, 0.25) is 5.02 Å². The molecule has 0 radical (unpaired) electrons. The van der Waals surface area contributed by atoms with Crippen LogP contribution >= 0.6 is 11.6 Å². The number of fused-ring (bicyclic) bond motifs is 3. The number of aromatic nitrogens is 4. The molecule has 0 saturated carbocycles. The summed E-state index contributed by atoms with van der Waals surface area (Å²) in [7, 11) is 0. The average Bonchev–Trinajstić information content (AvgIpc) is 3.49. The van der Waals surface area contributed by atoms with Crippen LogP contribution in [0.25, 0.3) is 5.69 Å². The first kappa shape index (κ1) is 21.9. The van der Waals surface area contributed by atoms with Crippen LogP contribution in [0.4, 0.5) is 10.2 Å². The Hall–Kier alpha value is -2.55. The number of anilines is 1. The lowest BCUT2D eigenvalue weighted by Crippen LogP contribution is -2.34. The predicted octanol–water partition coefficient (Wildman–Crippen LogP) is 4.25. The largest absolute Gasteiger partial charge is 0.380 e. The van der Waals surface area contributed by atoms with E-state index in [1.807, 2.05) is 12.1 Å². The molecule has 0 N–H and O–H groups in total. The number of rotatable bonds is 3. The minimum atomic E-state index is -0.394. The van der Waals surface area contributed by atoms with Gasteiger partial charge in [0.05, 0.1) is 18.8 Å². The van der Waals surface area contributed by atoms with Crippen LogP contribution in [-0.4, -0.2) is 57.0 Å². The quantitative estimate of drug-likeness (QED) is 0.520. The van der Waals surface area contributed by atoms with Crippen LogP contribution in [0.3, 0.4) is 0 Å². The van der Waals surface area contributed by atoms with Crippen molar-refractivity contribution in [2.75, 3.05) is 31.2 Å². The van der Waals surface area contributed by atoms with Crippen LogP contribution < -0.4 is 4.90 Å². The number of hydrogen-bond acceptors (Lipinski definition) is 6. The summed E-state index contributed by atoms with van der Waals surface area (Å²) >= 11 is 6.40. The van der Waals surface area contributed by atoms with E-state index in [0.717, 1.165) is 81.0 Å². The van der Waals surface area contributed by atoms with Crippen molar-refractivity contribution in [3.63, 3.8) is 0 Å². The van der Waals surface area contributed by atoms with Crippen LogP contribution in [-0.2, 0) is 17.8 Å². The molecule has 2 fully saturated rings. The zero-order valence-corrected chi connectivity index (χ0v) is 20.0. The van der Waals surface area contributed by atoms with Crippen molar-refractivity contribution in [1.82, 2.24) is 24.6 Å². The molecule has 1 atom stereocenters. The molecular weight excluding hydrogens is 455 g/mol. The smallest absolute Gasteiger partial charge is 0.217 e. The zero-order valence-electron chi connectivity index (χ0n) is 19.3. The van der Waals surface area contributed by atoms with Gasteiger partial charge in [-0.2, -0.15) is 4.39 Å². The highest BCUT2D eigenvalue weighted by Gasteiger charge is 2.33. The van der Waals surface area contributed by atoms with Gasteiger partial charge in [0.1, 0.15) is 11.6 Å². The summed E-state index contributed by atoms with van der Waals surface area (Å²) in [6, 6.07) is 10.2. The van der Waals surface area contributed by atoms with Crippen LogP contribution in [0.5, 0.6) is 0 Å². The fourth-order valence-corrected chi connectivity index (χ4v) is 5.62. The molecule has 3 aromatic rings. The Morgan fingerprint density at radius 1 is 1.06 bits per heavy atom. The predicted molar refractivity (Wildman–Crippen MR) is 128 cm³/mol. The van der Waals surface area contributed by atoms with Gasteiger partial charge in [0, 0.05) is 48.8 Å². The lowest BCUT2D eigenvalue weighted by molar-refractivity contribution is 0.133. The van der Waals surface area contributed by atoms with Gasteiger partial charge in [-0.15, -0.1) is 10.2 Å². The number of benzene rings is 1. The van der Waals surface area contributed by atoms with Crippen LogP contribution in [0.1, 0.15) is 48.0 Å². The molecule has 5 heterocycles. The Labute approximate surface area is 203 Å². The summed E-state index contributed by atoms with van der Waals surface area (Å²) in [5.41, 5.74) is 2.88. The van der Waals surface area contributed by atoms with Gasteiger partial charge in [0.15, 0.2) is 5.82 Å². The van der Waals surface area contributed by atoms with E-state index < -0.39 is 5.95 Å². The van der Waals surface area contributed by atoms with Gasteiger partial charge in [0.25, 0.3) is 0 Å². The molecule has 7 nitrogen and oxygen atoms in total. The van der Waals surface area contributed by atoms with Gasteiger partial charge < -0.3 is 9.64 Å². The lowest BCUT2D eigenvalue weighted by atomic mass is 9.95. The van der Waals surface area contributed by atoms with E-state index in [2.05, 4.69) is 36.6 Å². The minimum Gasteiger partial charge on any atom is -0.380 e. The molecule has 0 aliphatic carbocycles. The highest BCUT2D eigenvalue weighted by molar-refractivity contribution is 6.30. The van der Waals surface area contributed by atoms with Crippen molar-refractivity contribution >= 4 is 17.4 Å². The third kappa shape index (κ3) is 3.97. The van der Waals surface area contributed by atoms with Gasteiger partial charge in [-0.25, -0.2) is 4.98 Å². The monoisotopic (exact) mass is 482 g/mol. The maximum Gasteiger partial charge on any atom is 0.217 e. The lowest BCUT2D eigenvalue weighted by Gasteiger charge is -2.32. The van der Waals surface area contributed by atoms with Gasteiger partial charge in [-0.1, -0.05) is 17.7 Å². The number of pyridine rings is 1. The molecule has 0 amide bonds. The fraction of sp³-hybridized carbons (Fsp3) is 0.480. The molecule has 2 saturated heterocycles. The van der Waals surface area contributed by atoms with Crippen LogP contribution in [0.15, 0.2) is 30.3 Å². The number of halogens is 2. The second kappa shape index (κ2) is 8.91. The topological polar surface area (TPSA) is 59.3 Å². The normalized spacial score (nSPS) is 21.4. The van der Waals surface area contributed by atoms with Gasteiger partial charge in [-0.3, -0.25) is 9.47 Å². The van der Waals surface area contributed by atoms with E-state index in [1.54, 1.807) is 13.0 Å². The van der Waals surface area contributed by atoms with E-state index in [4.69, 9.17) is 21.4 Å². The molecule has 2 aromatic heterocycles. The number of aryl methyl sites for hydroxylation is 1. The Kier molecular flexibility index (Phi) is 5.75. The van der Waals surface area contributed by atoms with Crippen molar-refractivity contribution in [1.29, 1.82) is 0 Å². The SMILES string of the molecule is Cc1ccc(N2CCC(c3nnc4n3-c3ccc(Cl)cc3CN([C@@H]3CCOC3)C4)CC2)nc1F. The molecule has 6 rings (SSSR count). The number of ether oxygens (including phenoxy) is 1. The van der Waals surface area contributed by atoms with Crippen molar-refractivity contribution in [2.24, 2.45) is 0 Å². The van der Waals surface area contributed by atoms with E-state index in [9.17, 15) is 4.39 Å². The second-order valence-corrected chi connectivity index (χ2v) is 9.98. The second-order valence-electron chi connectivity index (χ2n) is 9.54. The third-order valence-corrected chi connectivity index (χ3v) is 7.62. The maximum atomic E-state index is 14.0. The summed E-state index contributed by atoms with van der Waals surface area (Å²) in [6.07, 6.45) is 2.86. The van der Waals surface area contributed by atoms with Crippen molar-refractivity contribution in [3.8, 4) is 5.69 Å². The number of piperidine rings is 1. The van der Waals surface area contributed by atoms with Crippen molar-refractivity contribution < 1.29 is 9.13 Å². The summed E-state index contributed by atoms with van der Waals surface area (Å²) in [5, 5.41) is 10.1. The summed E-state index contributed by atoms with van der Waals surface area (Å²) in [5.74, 6) is 2.56. The van der Waals surface area contributed by atoms with E-state index >= 15 is 0 Å². The molecule has 3 aliphatic rings. The Morgan fingerprint density at radius 3 is 2.68 bits per heavy atom. The molecule has 34 heavy (non-hydrogen) atoms. The molecule has 1 aromatic carbocycles. The highest BCUT2D eigenvalue weighted by atomic mass is 35.5. The van der Waals surface area contributed by atoms with Gasteiger partial charge >= 0.3 is 0 Å². The van der Waals surface area contributed by atoms with Crippen LogP contribution in [0, 0.1) is 12.9 Å². The Balaban J connectivity index is 1.29. The molecule has 9 heteroatoms. The average molecular weight is 483 g/mol. The first-order valence-corrected chi connectivity index (χ1v) is 12.4. The summed E-state index contributed by atoms with van der Waals surface area (Å²) in [6.45, 7) is 6.46. The van der Waals surface area contributed by atoms with Gasteiger partial charge in [0.2, 0.25) is 5.95 Å². The fourth-order valence-electron chi connectivity index (χ4n) is 5.42. The van der Waals surface area contributed by atoms with Crippen molar-refractivity contribution in [3.05, 3.63) is 64.1 Å². The van der Waals surface area contributed by atoms with Crippen molar-refractivity contribution in [2.45, 2.75) is 51.2 Å². The van der Waals surface area contributed by atoms with E-state index in [1.165, 1.54) is 5.56 Å².